The quantitative estimate of drug-likeness (QED) is 0.498. The second-order valence-electron chi connectivity index (χ2n) is 4.41. The Morgan fingerprint density at radius 2 is 1.86 bits per heavy atom. The van der Waals surface area contributed by atoms with E-state index in [1.807, 2.05) is 0 Å². The van der Waals surface area contributed by atoms with Crippen LogP contribution in [0, 0.1) is 10.1 Å². The number of rotatable bonds is 5. The highest BCUT2D eigenvalue weighted by Crippen LogP contribution is 2.23. The third-order valence-corrected chi connectivity index (χ3v) is 5.26. The zero-order valence-electron chi connectivity index (χ0n) is 11.0. The smallest absolute Gasteiger partial charge is 0.269 e. The van der Waals surface area contributed by atoms with Gasteiger partial charge in [-0.2, -0.15) is 0 Å². The zero-order valence-corrected chi connectivity index (χ0v) is 13.4. The van der Waals surface area contributed by atoms with E-state index in [0.29, 0.717) is 22.8 Å². The van der Waals surface area contributed by atoms with Gasteiger partial charge in [-0.05, 0) is 46.1 Å². The molecule has 0 spiro atoms. The molecule has 1 atom stereocenters. The summed E-state index contributed by atoms with van der Waals surface area (Å²) in [6.07, 6.45) is 0.585. The van der Waals surface area contributed by atoms with Gasteiger partial charge in [-0.1, -0.05) is 12.1 Å². The molecule has 0 radical (unpaired) electrons. The molecule has 0 saturated heterocycles. The van der Waals surface area contributed by atoms with Crippen LogP contribution in [0.2, 0.25) is 0 Å². The Morgan fingerprint density at radius 3 is 2.43 bits per heavy atom. The van der Waals surface area contributed by atoms with Crippen LogP contribution < -0.4 is 5.73 Å². The topological polar surface area (TPSA) is 86.2 Å². The summed E-state index contributed by atoms with van der Waals surface area (Å²) in [5.41, 5.74) is 7.23. The number of hydrogen-bond acceptors (Lipinski definition) is 4. The van der Waals surface area contributed by atoms with Crippen molar-refractivity contribution in [3.05, 3.63) is 62.6 Å². The van der Waals surface area contributed by atoms with Crippen LogP contribution in [0.4, 0.5) is 11.4 Å². The van der Waals surface area contributed by atoms with Crippen LogP contribution in [0.25, 0.3) is 0 Å². The van der Waals surface area contributed by atoms with Crippen molar-refractivity contribution in [1.29, 1.82) is 0 Å². The van der Waals surface area contributed by atoms with E-state index >= 15 is 0 Å². The molecule has 110 valence electrons. The lowest BCUT2D eigenvalue weighted by atomic mass is 10.1. The third-order valence-electron chi connectivity index (χ3n) is 2.92. The fraction of sp³-hybridized carbons (Fsp3) is 0.143. The van der Waals surface area contributed by atoms with Crippen molar-refractivity contribution in [2.45, 2.75) is 11.3 Å². The molecule has 2 rings (SSSR count). The Labute approximate surface area is 132 Å². The number of non-ortho nitro benzene ring substituents is 1. The molecule has 0 heterocycles. The molecule has 2 aromatic carbocycles. The third kappa shape index (κ3) is 4.12. The SMILES string of the molecule is Nc1ccc(S(=O)CCc2ccc([N+](=O)[O-])cc2)c(Br)c1. The van der Waals surface area contributed by atoms with Crippen LogP contribution in [-0.4, -0.2) is 14.9 Å². The summed E-state index contributed by atoms with van der Waals surface area (Å²) in [7, 11) is -1.15. The van der Waals surface area contributed by atoms with Crippen LogP contribution in [0.3, 0.4) is 0 Å². The summed E-state index contributed by atoms with van der Waals surface area (Å²) < 4.78 is 13.0. The van der Waals surface area contributed by atoms with Gasteiger partial charge in [-0.25, -0.2) is 0 Å². The largest absolute Gasteiger partial charge is 0.399 e. The van der Waals surface area contributed by atoms with Gasteiger partial charge >= 0.3 is 0 Å². The van der Waals surface area contributed by atoms with Gasteiger partial charge in [0, 0.05) is 28.0 Å². The van der Waals surface area contributed by atoms with E-state index in [1.165, 1.54) is 12.1 Å². The summed E-state index contributed by atoms with van der Waals surface area (Å²) >= 11 is 3.35. The van der Waals surface area contributed by atoms with E-state index in [4.69, 9.17) is 5.73 Å². The Morgan fingerprint density at radius 1 is 1.19 bits per heavy atom. The number of anilines is 1. The Hall–Kier alpha value is -1.73. The van der Waals surface area contributed by atoms with Crippen molar-refractivity contribution < 1.29 is 9.13 Å². The summed E-state index contributed by atoms with van der Waals surface area (Å²) in [6, 6.07) is 11.5. The number of nitrogens with two attached hydrogens (primary N) is 1. The maximum atomic E-state index is 12.3. The molecule has 0 bridgehead atoms. The van der Waals surface area contributed by atoms with Crippen molar-refractivity contribution in [2.75, 3.05) is 11.5 Å². The van der Waals surface area contributed by atoms with Crippen LogP contribution in [0.5, 0.6) is 0 Å². The second-order valence-corrected chi connectivity index (χ2v) is 6.81. The van der Waals surface area contributed by atoms with Gasteiger partial charge in [0.05, 0.1) is 20.6 Å². The van der Waals surface area contributed by atoms with Crippen molar-refractivity contribution in [2.24, 2.45) is 0 Å². The summed E-state index contributed by atoms with van der Waals surface area (Å²) in [4.78, 5) is 10.8. The van der Waals surface area contributed by atoms with Gasteiger partial charge in [0.1, 0.15) is 0 Å². The van der Waals surface area contributed by atoms with Gasteiger partial charge in [-0.15, -0.1) is 0 Å². The summed E-state index contributed by atoms with van der Waals surface area (Å²) in [6.45, 7) is 0. The zero-order chi connectivity index (χ0) is 15.4. The van der Waals surface area contributed by atoms with Crippen LogP contribution in [0.15, 0.2) is 51.8 Å². The summed E-state index contributed by atoms with van der Waals surface area (Å²) in [5.74, 6) is 0.445. The summed E-state index contributed by atoms with van der Waals surface area (Å²) in [5, 5.41) is 10.6. The normalized spacial score (nSPS) is 12.0. The number of hydrogen-bond donors (Lipinski definition) is 1. The van der Waals surface area contributed by atoms with Gasteiger partial charge in [-0.3, -0.25) is 14.3 Å². The van der Waals surface area contributed by atoms with Crippen LogP contribution >= 0.6 is 15.9 Å². The standard InChI is InChI=1S/C14H13BrN2O3S/c15-13-9-11(16)3-6-14(13)21(20)8-7-10-1-4-12(5-2-10)17(18)19/h1-6,9H,7-8,16H2. The minimum Gasteiger partial charge on any atom is -0.399 e. The van der Waals surface area contributed by atoms with Gasteiger partial charge in [0.2, 0.25) is 0 Å². The van der Waals surface area contributed by atoms with Gasteiger partial charge in [0.15, 0.2) is 0 Å². The van der Waals surface area contributed by atoms with Crippen molar-refractivity contribution in [1.82, 2.24) is 0 Å². The lowest BCUT2D eigenvalue weighted by Gasteiger charge is -2.06. The highest BCUT2D eigenvalue weighted by atomic mass is 79.9. The van der Waals surface area contributed by atoms with Gasteiger partial charge < -0.3 is 5.73 Å². The first-order valence-electron chi connectivity index (χ1n) is 6.14. The average molecular weight is 369 g/mol. The van der Waals surface area contributed by atoms with E-state index in [9.17, 15) is 14.3 Å². The molecule has 0 fully saturated rings. The van der Waals surface area contributed by atoms with Crippen LogP contribution in [-0.2, 0) is 17.2 Å². The van der Waals surface area contributed by atoms with Gasteiger partial charge in [0.25, 0.3) is 5.69 Å². The molecule has 0 saturated carbocycles. The Bertz CT molecular complexity index is 689. The predicted octanol–water partition coefficient (Wildman–Crippen LogP) is 3.29. The Kier molecular flexibility index (Phi) is 5.08. The molecule has 5 nitrogen and oxygen atoms in total. The van der Waals surface area contributed by atoms with E-state index < -0.39 is 15.7 Å². The molecule has 2 N–H and O–H groups in total. The molecule has 0 amide bonds. The maximum absolute atomic E-state index is 12.3. The molecule has 0 aliphatic rings. The molecule has 0 aromatic heterocycles. The number of aryl methyl sites for hydroxylation is 1. The number of benzene rings is 2. The first kappa shape index (κ1) is 15.7. The van der Waals surface area contributed by atoms with Crippen molar-refractivity contribution in [3.8, 4) is 0 Å². The number of halogens is 1. The van der Waals surface area contributed by atoms with Crippen molar-refractivity contribution in [3.63, 3.8) is 0 Å². The molecule has 21 heavy (non-hydrogen) atoms. The molecular formula is C14H13BrN2O3S. The second kappa shape index (κ2) is 6.82. The highest BCUT2D eigenvalue weighted by molar-refractivity contribution is 9.10. The maximum Gasteiger partial charge on any atom is 0.269 e. The number of nitrogen functional groups attached to an aromatic ring is 1. The van der Waals surface area contributed by atoms with E-state index in [1.54, 1.807) is 30.3 Å². The minimum atomic E-state index is -1.15. The van der Waals surface area contributed by atoms with E-state index in [-0.39, 0.29) is 5.69 Å². The molecule has 0 aliphatic carbocycles. The molecule has 1 unspecified atom stereocenters. The van der Waals surface area contributed by atoms with E-state index in [2.05, 4.69) is 15.9 Å². The number of nitro groups is 1. The lowest BCUT2D eigenvalue weighted by molar-refractivity contribution is -0.384. The first-order chi connectivity index (χ1) is 9.97. The molecule has 7 heteroatoms. The molecule has 0 aliphatic heterocycles. The lowest BCUT2D eigenvalue weighted by Crippen LogP contribution is -2.03. The van der Waals surface area contributed by atoms with E-state index in [0.717, 1.165) is 10.0 Å². The highest BCUT2D eigenvalue weighted by Gasteiger charge is 2.10. The van der Waals surface area contributed by atoms with Crippen molar-refractivity contribution >= 4 is 38.1 Å². The molecule has 2 aromatic rings. The fourth-order valence-corrected chi connectivity index (χ4v) is 3.88. The minimum absolute atomic E-state index is 0.0566. The molecular weight excluding hydrogens is 356 g/mol. The Balaban J connectivity index is 2.02. The number of nitrogens with zero attached hydrogens (tertiary/aromatic N) is 1. The average Bonchev–Trinajstić information content (AvgIpc) is 2.45. The monoisotopic (exact) mass is 368 g/mol. The number of nitro benzene ring substituents is 1. The fourth-order valence-electron chi connectivity index (χ4n) is 1.81. The predicted molar refractivity (Wildman–Crippen MR) is 86.6 cm³/mol. The van der Waals surface area contributed by atoms with Crippen LogP contribution in [0.1, 0.15) is 5.56 Å². The first-order valence-corrected chi connectivity index (χ1v) is 8.25.